The monoisotopic (exact) mass is 508 g/mol. The van der Waals surface area contributed by atoms with Gasteiger partial charge < -0.3 is 14.6 Å². The first kappa shape index (κ1) is 25.2. The van der Waals surface area contributed by atoms with E-state index in [1.807, 2.05) is 29.2 Å². The minimum atomic E-state index is -0.737. The summed E-state index contributed by atoms with van der Waals surface area (Å²) in [6.45, 7) is 6.37. The number of alkyl halides is 1. The van der Waals surface area contributed by atoms with Crippen molar-refractivity contribution in [3.05, 3.63) is 77.1 Å². The van der Waals surface area contributed by atoms with Crippen molar-refractivity contribution in [2.75, 3.05) is 32.9 Å². The van der Waals surface area contributed by atoms with E-state index >= 15 is 8.78 Å². The van der Waals surface area contributed by atoms with Crippen LogP contribution in [-0.2, 0) is 6.42 Å². The van der Waals surface area contributed by atoms with E-state index in [1.165, 1.54) is 12.1 Å². The molecule has 194 valence electrons. The quantitative estimate of drug-likeness (QED) is 0.384. The fraction of sp³-hybridized carbons (Fsp3) is 0.414. The summed E-state index contributed by atoms with van der Waals surface area (Å²) in [6, 6.07) is 11.8. The van der Waals surface area contributed by atoms with Crippen molar-refractivity contribution < 1.29 is 17.9 Å². The number of hydrogen-bond donors (Lipinski definition) is 1. The molecule has 5 nitrogen and oxygen atoms in total. The first-order valence-corrected chi connectivity index (χ1v) is 12.8. The molecule has 0 saturated carbocycles. The second-order valence-electron chi connectivity index (χ2n) is 9.81. The lowest BCUT2D eigenvalue weighted by Crippen LogP contribution is -2.36. The van der Waals surface area contributed by atoms with Crippen LogP contribution >= 0.6 is 0 Å². The molecule has 2 aromatic carbocycles. The van der Waals surface area contributed by atoms with Crippen LogP contribution in [0.4, 0.5) is 13.2 Å². The maximum absolute atomic E-state index is 15.8. The van der Waals surface area contributed by atoms with Gasteiger partial charge in [0.25, 0.3) is 0 Å². The number of benzene rings is 2. The summed E-state index contributed by atoms with van der Waals surface area (Å²) in [5.41, 5.74) is 3.32. The van der Waals surface area contributed by atoms with Gasteiger partial charge in [0.05, 0.1) is 18.3 Å². The van der Waals surface area contributed by atoms with Gasteiger partial charge in [0.1, 0.15) is 29.5 Å². The van der Waals surface area contributed by atoms with Crippen LogP contribution in [-0.4, -0.2) is 53.7 Å². The van der Waals surface area contributed by atoms with E-state index < -0.39 is 17.7 Å². The van der Waals surface area contributed by atoms with E-state index in [4.69, 9.17) is 10.00 Å². The van der Waals surface area contributed by atoms with Crippen LogP contribution in [0.5, 0.6) is 5.75 Å². The SMILES string of the molecule is C=C(CCC#N)N1CCc2c([nH]c3ccccc23)[C@H]1c1c(F)cc(O[C@H]2CCN(CCCF)C2)cc1F. The molecule has 8 heteroatoms. The summed E-state index contributed by atoms with van der Waals surface area (Å²) in [5, 5.41) is 10.1. The van der Waals surface area contributed by atoms with Gasteiger partial charge in [0, 0.05) is 67.0 Å². The summed E-state index contributed by atoms with van der Waals surface area (Å²) >= 11 is 0. The summed E-state index contributed by atoms with van der Waals surface area (Å²) in [6.07, 6.45) is 2.41. The lowest BCUT2D eigenvalue weighted by atomic mass is 9.90. The van der Waals surface area contributed by atoms with Crippen molar-refractivity contribution in [3.63, 3.8) is 0 Å². The Hall–Kier alpha value is -3.44. The molecule has 0 aliphatic carbocycles. The molecule has 2 atom stereocenters. The molecular formula is C29H31F3N4O. The lowest BCUT2D eigenvalue weighted by molar-refractivity contribution is 0.196. The number of nitrogens with zero attached hydrogens (tertiary/aromatic N) is 3. The largest absolute Gasteiger partial charge is 0.489 e. The molecule has 0 amide bonds. The molecule has 0 radical (unpaired) electrons. The number of rotatable bonds is 9. The number of para-hydroxylation sites is 1. The summed E-state index contributed by atoms with van der Waals surface area (Å²) in [4.78, 5) is 7.43. The van der Waals surface area contributed by atoms with Gasteiger partial charge in [-0.25, -0.2) is 8.78 Å². The summed E-state index contributed by atoms with van der Waals surface area (Å²) in [5.74, 6) is -1.22. The molecule has 3 heterocycles. The highest BCUT2D eigenvalue weighted by Crippen LogP contribution is 2.43. The van der Waals surface area contributed by atoms with Crippen molar-refractivity contribution >= 4 is 10.9 Å². The van der Waals surface area contributed by atoms with E-state index in [2.05, 4.69) is 22.5 Å². The Kier molecular flexibility index (Phi) is 7.43. The van der Waals surface area contributed by atoms with Crippen LogP contribution in [0.1, 0.15) is 48.5 Å². The molecule has 2 aliphatic heterocycles. The van der Waals surface area contributed by atoms with E-state index in [0.29, 0.717) is 44.6 Å². The van der Waals surface area contributed by atoms with Crippen molar-refractivity contribution in [2.45, 2.75) is 44.2 Å². The van der Waals surface area contributed by atoms with Crippen LogP contribution in [0.25, 0.3) is 10.9 Å². The maximum Gasteiger partial charge on any atom is 0.135 e. The Bertz CT molecular complexity index is 1310. The number of fused-ring (bicyclic) bond motifs is 3. The third kappa shape index (κ3) is 5.05. The predicted octanol–water partition coefficient (Wildman–Crippen LogP) is 6.02. The molecule has 0 bridgehead atoms. The number of nitriles is 1. The molecule has 2 aliphatic rings. The van der Waals surface area contributed by atoms with E-state index in [9.17, 15) is 4.39 Å². The molecule has 1 saturated heterocycles. The Balaban J connectivity index is 1.48. The van der Waals surface area contributed by atoms with Gasteiger partial charge in [0.2, 0.25) is 0 Å². The number of H-pyrrole nitrogens is 1. The number of ether oxygens (including phenoxy) is 1. The Labute approximate surface area is 215 Å². The highest BCUT2D eigenvalue weighted by atomic mass is 19.1. The van der Waals surface area contributed by atoms with E-state index in [-0.39, 0.29) is 30.5 Å². The van der Waals surface area contributed by atoms with Crippen molar-refractivity contribution in [2.24, 2.45) is 0 Å². The van der Waals surface area contributed by atoms with Gasteiger partial charge >= 0.3 is 0 Å². The smallest absolute Gasteiger partial charge is 0.135 e. The minimum Gasteiger partial charge on any atom is -0.489 e. The van der Waals surface area contributed by atoms with Gasteiger partial charge in [-0.3, -0.25) is 9.29 Å². The summed E-state index contributed by atoms with van der Waals surface area (Å²) in [7, 11) is 0. The van der Waals surface area contributed by atoms with Crippen molar-refractivity contribution in [1.29, 1.82) is 5.26 Å². The molecule has 1 aromatic heterocycles. The van der Waals surface area contributed by atoms with E-state index in [0.717, 1.165) is 35.1 Å². The Morgan fingerprint density at radius 1 is 1.19 bits per heavy atom. The number of aromatic nitrogens is 1. The third-order valence-corrected chi connectivity index (χ3v) is 7.43. The van der Waals surface area contributed by atoms with Crippen LogP contribution in [0, 0.1) is 23.0 Å². The van der Waals surface area contributed by atoms with Gasteiger partial charge in [-0.2, -0.15) is 5.26 Å². The second kappa shape index (κ2) is 10.9. The number of allylic oxidation sites excluding steroid dienone is 1. The maximum atomic E-state index is 15.8. The topological polar surface area (TPSA) is 55.3 Å². The average molecular weight is 509 g/mol. The first-order valence-electron chi connectivity index (χ1n) is 12.8. The van der Waals surface area contributed by atoms with Crippen LogP contribution < -0.4 is 4.74 Å². The van der Waals surface area contributed by atoms with Gasteiger partial charge in [-0.15, -0.1) is 0 Å². The Morgan fingerprint density at radius 2 is 1.97 bits per heavy atom. The van der Waals surface area contributed by atoms with Gasteiger partial charge in [-0.1, -0.05) is 24.8 Å². The van der Waals surface area contributed by atoms with Crippen LogP contribution in [0.15, 0.2) is 48.7 Å². The van der Waals surface area contributed by atoms with Crippen LogP contribution in [0.2, 0.25) is 0 Å². The predicted molar refractivity (Wildman–Crippen MR) is 137 cm³/mol. The lowest BCUT2D eigenvalue weighted by Gasteiger charge is -2.39. The molecule has 0 unspecified atom stereocenters. The van der Waals surface area contributed by atoms with E-state index in [1.54, 1.807) is 0 Å². The zero-order valence-electron chi connectivity index (χ0n) is 20.8. The Morgan fingerprint density at radius 3 is 2.73 bits per heavy atom. The molecule has 1 fully saturated rings. The molecule has 0 spiro atoms. The molecule has 5 rings (SSSR count). The molecule has 1 N–H and O–H groups in total. The van der Waals surface area contributed by atoms with Gasteiger partial charge in [-0.05, 0) is 37.3 Å². The third-order valence-electron chi connectivity index (χ3n) is 7.43. The molecule has 37 heavy (non-hydrogen) atoms. The van der Waals surface area contributed by atoms with Gasteiger partial charge in [0.15, 0.2) is 0 Å². The number of nitrogens with one attached hydrogen (secondary N) is 1. The molecular weight excluding hydrogens is 477 g/mol. The number of hydrogen-bond acceptors (Lipinski definition) is 4. The van der Waals surface area contributed by atoms with Crippen molar-refractivity contribution in [3.8, 4) is 11.8 Å². The number of aromatic amines is 1. The zero-order valence-corrected chi connectivity index (χ0v) is 20.8. The average Bonchev–Trinajstić information content (AvgIpc) is 3.49. The minimum absolute atomic E-state index is 0.0611. The normalized spacial score (nSPS) is 19.7. The first-order chi connectivity index (χ1) is 18.0. The zero-order chi connectivity index (χ0) is 25.9. The van der Waals surface area contributed by atoms with Crippen molar-refractivity contribution in [1.82, 2.24) is 14.8 Å². The highest BCUT2D eigenvalue weighted by molar-refractivity contribution is 5.85. The fourth-order valence-electron chi connectivity index (χ4n) is 5.69. The standard InChI is InChI=1S/C29H31F3N4O/c1-19(6-4-12-33)36-15-10-23-22-7-2-3-8-26(22)34-28(23)29(36)27-24(31)16-21(17-25(27)32)37-20-9-14-35(18-20)13-5-11-30/h2-3,7-8,16-17,20,29,34H,1,4-6,9-11,13-15,18H2/t20-,29+/m0/s1. The molecule has 3 aromatic rings. The fourth-order valence-corrected chi connectivity index (χ4v) is 5.69. The highest BCUT2D eigenvalue weighted by Gasteiger charge is 2.36. The number of likely N-dealkylation sites (tertiary alicyclic amines) is 1. The summed E-state index contributed by atoms with van der Waals surface area (Å²) < 4.78 is 50.0. The second-order valence-corrected chi connectivity index (χ2v) is 9.81. The van der Waals surface area contributed by atoms with Crippen LogP contribution in [0.3, 0.4) is 0 Å². The number of halogens is 3.